The highest BCUT2D eigenvalue weighted by molar-refractivity contribution is 7.80. The lowest BCUT2D eigenvalue weighted by Gasteiger charge is -2.43. The molecule has 6 nitrogen and oxygen atoms in total. The Labute approximate surface area is 179 Å². The molecule has 2 aliphatic rings. The summed E-state index contributed by atoms with van der Waals surface area (Å²) < 4.78 is 2.26. The lowest BCUT2D eigenvalue weighted by molar-refractivity contribution is -0.130. The van der Waals surface area contributed by atoms with Gasteiger partial charge in [0.1, 0.15) is 6.61 Å². The van der Waals surface area contributed by atoms with Gasteiger partial charge in [0.25, 0.3) is 0 Å². The van der Waals surface area contributed by atoms with Crippen LogP contribution in [0, 0.1) is 0 Å². The van der Waals surface area contributed by atoms with E-state index in [-0.39, 0.29) is 17.6 Å². The number of aliphatic hydroxyl groups is 1. The molecule has 1 amide bonds. The Morgan fingerprint density at radius 2 is 1.90 bits per heavy atom. The standard InChI is InChI=1S/C23H21N3O3S/c1-24-22(29)17-11-25(23(24)30)12-19-21(17)16-4-2-3-5-18(16)26(19)10-14-6-8-15(9-7-14)20(28)13-27/h2-9,17,27H,10-13H2,1H3. The third-order valence-electron chi connectivity index (χ3n) is 6.16. The van der Waals surface area contributed by atoms with E-state index in [1.807, 2.05) is 24.3 Å². The van der Waals surface area contributed by atoms with Gasteiger partial charge in [-0.2, -0.15) is 0 Å². The number of carbonyl (C=O) groups is 2. The summed E-state index contributed by atoms with van der Waals surface area (Å²) in [6.07, 6.45) is 0. The van der Waals surface area contributed by atoms with Crippen LogP contribution in [-0.2, 0) is 17.9 Å². The van der Waals surface area contributed by atoms with Crippen molar-refractivity contribution in [1.29, 1.82) is 0 Å². The maximum atomic E-state index is 13.0. The number of likely N-dealkylation sites (N-methyl/N-ethyl adjacent to an activating group) is 1. The minimum atomic E-state index is -0.491. The Morgan fingerprint density at radius 1 is 1.17 bits per heavy atom. The van der Waals surface area contributed by atoms with E-state index in [0.29, 0.717) is 30.3 Å². The maximum absolute atomic E-state index is 13.0. The van der Waals surface area contributed by atoms with Crippen molar-refractivity contribution < 1.29 is 14.7 Å². The molecular weight excluding hydrogens is 398 g/mol. The van der Waals surface area contributed by atoms with Crippen LogP contribution in [-0.4, -0.2) is 56.5 Å². The number of fused-ring (bicyclic) bond motifs is 6. The average Bonchev–Trinajstić information content (AvgIpc) is 3.09. The van der Waals surface area contributed by atoms with Gasteiger partial charge in [-0.15, -0.1) is 0 Å². The minimum Gasteiger partial charge on any atom is -0.388 e. The molecule has 0 radical (unpaired) electrons. The number of hydrogen-bond donors (Lipinski definition) is 1. The van der Waals surface area contributed by atoms with Crippen molar-refractivity contribution in [2.75, 3.05) is 20.2 Å². The molecular formula is C23H21N3O3S. The Hall–Kier alpha value is -3.03. The van der Waals surface area contributed by atoms with Gasteiger partial charge in [0, 0.05) is 42.3 Å². The maximum Gasteiger partial charge on any atom is 0.237 e. The van der Waals surface area contributed by atoms with Crippen molar-refractivity contribution in [2.45, 2.75) is 19.0 Å². The molecule has 5 rings (SSSR count). The zero-order chi connectivity index (χ0) is 21.0. The fourth-order valence-electron chi connectivity index (χ4n) is 4.64. The molecule has 1 unspecified atom stereocenters. The van der Waals surface area contributed by atoms with Crippen molar-refractivity contribution in [3.05, 3.63) is 70.9 Å². The number of rotatable bonds is 4. The predicted octanol–water partition coefficient (Wildman–Crippen LogP) is 2.52. The highest BCUT2D eigenvalue weighted by Gasteiger charge is 2.42. The normalized spacial score (nSPS) is 18.1. The van der Waals surface area contributed by atoms with E-state index in [9.17, 15) is 9.59 Å². The first-order valence-electron chi connectivity index (χ1n) is 9.89. The minimum absolute atomic E-state index is 0.0481. The number of benzene rings is 2. The topological polar surface area (TPSA) is 65.8 Å². The second-order valence-corrected chi connectivity index (χ2v) is 8.22. The quantitative estimate of drug-likeness (QED) is 0.520. The largest absolute Gasteiger partial charge is 0.388 e. The van der Waals surface area contributed by atoms with Crippen LogP contribution in [0.2, 0.25) is 0 Å². The van der Waals surface area contributed by atoms with E-state index >= 15 is 0 Å². The number of Topliss-reactive ketones (excluding diaryl/α,β-unsaturated/α-hetero) is 1. The van der Waals surface area contributed by atoms with Crippen LogP contribution in [0.15, 0.2) is 48.5 Å². The van der Waals surface area contributed by atoms with Crippen molar-refractivity contribution in [3.63, 3.8) is 0 Å². The fraction of sp³-hybridized carbons (Fsp3) is 0.261. The molecule has 0 spiro atoms. The first kappa shape index (κ1) is 19.0. The molecule has 0 aliphatic carbocycles. The Kier molecular flexibility index (Phi) is 4.45. The van der Waals surface area contributed by atoms with Crippen LogP contribution in [0.5, 0.6) is 0 Å². The lowest BCUT2D eigenvalue weighted by atomic mass is 9.89. The van der Waals surface area contributed by atoms with Crippen LogP contribution in [0.25, 0.3) is 10.9 Å². The summed E-state index contributed by atoms with van der Waals surface area (Å²) in [5.41, 5.74) is 4.86. The van der Waals surface area contributed by atoms with E-state index in [0.717, 1.165) is 27.7 Å². The first-order valence-corrected chi connectivity index (χ1v) is 10.3. The fourth-order valence-corrected chi connectivity index (χ4v) is 4.87. The molecule has 1 atom stereocenters. The summed E-state index contributed by atoms with van der Waals surface area (Å²) in [5, 5.41) is 10.7. The van der Waals surface area contributed by atoms with Crippen molar-refractivity contribution in [3.8, 4) is 0 Å². The zero-order valence-electron chi connectivity index (χ0n) is 16.5. The molecule has 30 heavy (non-hydrogen) atoms. The average molecular weight is 420 g/mol. The summed E-state index contributed by atoms with van der Waals surface area (Å²) >= 11 is 5.52. The molecule has 1 fully saturated rings. The molecule has 7 heteroatoms. The Balaban J connectivity index is 1.62. The summed E-state index contributed by atoms with van der Waals surface area (Å²) in [6.45, 7) is 1.43. The van der Waals surface area contributed by atoms with Crippen LogP contribution in [0.3, 0.4) is 0 Å². The molecule has 2 bridgehead atoms. The van der Waals surface area contributed by atoms with Gasteiger partial charge in [-0.25, -0.2) is 0 Å². The van der Waals surface area contributed by atoms with E-state index in [4.69, 9.17) is 17.3 Å². The number of thiocarbonyl (C=S) groups is 1. The van der Waals surface area contributed by atoms with Crippen LogP contribution in [0.1, 0.15) is 33.1 Å². The van der Waals surface area contributed by atoms with E-state index in [1.165, 1.54) is 0 Å². The Bertz CT molecular complexity index is 1200. The number of carbonyl (C=O) groups excluding carboxylic acids is 2. The SMILES string of the molecule is CN1C(=O)C2CN(Cc3c2c2ccccc2n3Cc2ccc(C(=O)CO)cc2)C1=S. The Morgan fingerprint density at radius 3 is 2.63 bits per heavy atom. The first-order chi connectivity index (χ1) is 14.5. The van der Waals surface area contributed by atoms with Gasteiger partial charge >= 0.3 is 0 Å². The lowest BCUT2D eigenvalue weighted by Crippen LogP contribution is -2.56. The van der Waals surface area contributed by atoms with E-state index in [2.05, 4.69) is 21.6 Å². The predicted molar refractivity (Wildman–Crippen MR) is 117 cm³/mol. The zero-order valence-corrected chi connectivity index (χ0v) is 17.4. The van der Waals surface area contributed by atoms with Crippen molar-refractivity contribution in [2.24, 2.45) is 0 Å². The molecule has 3 heterocycles. The molecule has 2 aliphatic heterocycles. The van der Waals surface area contributed by atoms with Gasteiger partial charge in [0.15, 0.2) is 10.9 Å². The van der Waals surface area contributed by atoms with Gasteiger partial charge in [0.2, 0.25) is 5.91 Å². The monoisotopic (exact) mass is 419 g/mol. The summed E-state index contributed by atoms with van der Waals surface area (Å²) in [4.78, 5) is 28.4. The second-order valence-electron chi connectivity index (χ2n) is 7.85. The van der Waals surface area contributed by atoms with Crippen LogP contribution >= 0.6 is 12.2 Å². The number of aromatic nitrogens is 1. The van der Waals surface area contributed by atoms with Crippen LogP contribution in [0.4, 0.5) is 0 Å². The molecule has 152 valence electrons. The summed E-state index contributed by atoms with van der Waals surface area (Å²) in [7, 11) is 1.75. The van der Waals surface area contributed by atoms with Crippen LogP contribution < -0.4 is 0 Å². The summed E-state index contributed by atoms with van der Waals surface area (Å²) in [5.74, 6) is -0.463. The number of nitrogens with zero attached hydrogens (tertiary/aromatic N) is 3. The van der Waals surface area contributed by atoms with Gasteiger partial charge in [-0.1, -0.05) is 42.5 Å². The highest BCUT2D eigenvalue weighted by atomic mass is 32.1. The number of para-hydroxylation sites is 1. The van der Waals surface area contributed by atoms with Crippen molar-refractivity contribution in [1.82, 2.24) is 14.4 Å². The molecule has 1 N–H and O–H groups in total. The van der Waals surface area contributed by atoms with E-state index in [1.54, 1.807) is 24.1 Å². The van der Waals surface area contributed by atoms with Gasteiger partial charge in [-0.05, 0) is 29.4 Å². The third-order valence-corrected chi connectivity index (χ3v) is 6.69. The van der Waals surface area contributed by atoms with Gasteiger partial charge in [0.05, 0.1) is 12.5 Å². The van der Waals surface area contributed by atoms with E-state index < -0.39 is 6.61 Å². The third kappa shape index (κ3) is 2.77. The number of aliphatic hydroxyl groups excluding tert-OH is 1. The van der Waals surface area contributed by atoms with Gasteiger partial charge in [-0.3, -0.25) is 14.5 Å². The highest BCUT2D eigenvalue weighted by Crippen LogP contribution is 2.40. The molecule has 1 saturated heterocycles. The number of amides is 1. The smallest absolute Gasteiger partial charge is 0.237 e. The molecule has 1 aromatic heterocycles. The molecule has 3 aromatic rings. The molecule has 0 saturated carbocycles. The second kappa shape index (κ2) is 7.04. The summed E-state index contributed by atoms with van der Waals surface area (Å²) in [6, 6.07) is 15.5. The number of hydrogen-bond acceptors (Lipinski definition) is 4. The van der Waals surface area contributed by atoms with Crippen molar-refractivity contribution >= 4 is 39.9 Å². The van der Waals surface area contributed by atoms with Gasteiger partial charge < -0.3 is 14.6 Å². The number of ketones is 1. The molecule has 2 aromatic carbocycles.